The van der Waals surface area contributed by atoms with Gasteiger partial charge in [0.05, 0.1) is 5.88 Å². The number of nitrogens with zero attached hydrogens (tertiary/aromatic N) is 3. The fourth-order valence-corrected chi connectivity index (χ4v) is 2.58. The summed E-state index contributed by atoms with van der Waals surface area (Å²) in [7, 11) is 0. The Morgan fingerprint density at radius 3 is 2.29 bits per heavy atom. The molecule has 2 aromatic carbocycles. The van der Waals surface area contributed by atoms with Gasteiger partial charge in [0.25, 0.3) is 0 Å². The van der Waals surface area contributed by atoms with Crippen LogP contribution in [0.25, 0.3) is 5.69 Å². The van der Waals surface area contributed by atoms with Crippen molar-refractivity contribution >= 4 is 11.6 Å². The molecule has 0 unspecified atom stereocenters. The lowest BCUT2D eigenvalue weighted by Gasteiger charge is -2.10. The molecule has 0 bridgehead atoms. The van der Waals surface area contributed by atoms with Crippen molar-refractivity contribution in [2.45, 2.75) is 19.2 Å². The highest BCUT2D eigenvalue weighted by atomic mass is 35.5. The number of halogens is 1. The Labute approximate surface area is 129 Å². The zero-order chi connectivity index (χ0) is 14.7. The lowest BCUT2D eigenvalue weighted by molar-refractivity contribution is 0.882. The summed E-state index contributed by atoms with van der Waals surface area (Å²) in [4.78, 5) is 0. The van der Waals surface area contributed by atoms with Crippen molar-refractivity contribution in [2.24, 2.45) is 0 Å². The van der Waals surface area contributed by atoms with Gasteiger partial charge in [0.15, 0.2) is 5.82 Å². The van der Waals surface area contributed by atoms with E-state index in [4.69, 9.17) is 11.6 Å². The van der Waals surface area contributed by atoms with Gasteiger partial charge in [-0.25, -0.2) is 0 Å². The van der Waals surface area contributed by atoms with E-state index in [-0.39, 0.29) is 0 Å². The summed E-state index contributed by atoms with van der Waals surface area (Å²) in [5.74, 6) is 2.02. The summed E-state index contributed by atoms with van der Waals surface area (Å²) < 4.78 is 2.04. The van der Waals surface area contributed by atoms with E-state index in [9.17, 15) is 0 Å². The number of rotatable bonds is 4. The monoisotopic (exact) mass is 297 g/mol. The smallest absolute Gasteiger partial charge is 0.152 e. The lowest BCUT2D eigenvalue weighted by atomic mass is 10.1. The van der Waals surface area contributed by atoms with E-state index in [1.54, 1.807) is 0 Å². The molecule has 4 heteroatoms. The number of hydrogen-bond donors (Lipinski definition) is 0. The molecule has 106 valence electrons. The molecule has 0 saturated heterocycles. The normalized spacial score (nSPS) is 10.8. The Balaban J connectivity index is 2.04. The highest BCUT2D eigenvalue weighted by molar-refractivity contribution is 6.16. The summed E-state index contributed by atoms with van der Waals surface area (Å²) in [6.07, 6.45) is 0.742. The SMILES string of the molecule is Cc1ccccc1Cc1nnc(CCl)n1-c1ccccc1. The van der Waals surface area contributed by atoms with Gasteiger partial charge in [0.2, 0.25) is 0 Å². The van der Waals surface area contributed by atoms with Crippen LogP contribution >= 0.6 is 11.6 Å². The van der Waals surface area contributed by atoms with Crippen LogP contribution in [0.1, 0.15) is 22.8 Å². The molecule has 0 spiro atoms. The molecule has 0 N–H and O–H groups in total. The average Bonchev–Trinajstić information content (AvgIpc) is 2.93. The number of benzene rings is 2. The minimum Gasteiger partial charge on any atom is -0.282 e. The molecule has 0 saturated carbocycles. The van der Waals surface area contributed by atoms with E-state index in [1.165, 1.54) is 11.1 Å². The summed E-state index contributed by atoms with van der Waals surface area (Å²) in [5, 5.41) is 8.55. The van der Waals surface area contributed by atoms with Gasteiger partial charge in [0.1, 0.15) is 5.82 Å². The standard InChI is InChI=1S/C17H16ClN3/c1-13-7-5-6-8-14(13)11-16-19-20-17(12-18)21(16)15-9-3-2-4-10-15/h2-10H,11-12H2,1H3. The Hall–Kier alpha value is -2.13. The Kier molecular flexibility index (Phi) is 4.02. The molecule has 0 amide bonds. The molecule has 0 radical (unpaired) electrons. The second-order valence-electron chi connectivity index (χ2n) is 4.94. The predicted molar refractivity (Wildman–Crippen MR) is 84.9 cm³/mol. The quantitative estimate of drug-likeness (QED) is 0.684. The minimum absolute atomic E-state index is 0.343. The molecule has 0 atom stereocenters. The van der Waals surface area contributed by atoms with E-state index >= 15 is 0 Å². The third-order valence-electron chi connectivity index (χ3n) is 3.54. The highest BCUT2D eigenvalue weighted by Crippen LogP contribution is 2.18. The van der Waals surface area contributed by atoms with E-state index < -0.39 is 0 Å². The summed E-state index contributed by atoms with van der Waals surface area (Å²) in [5.41, 5.74) is 3.55. The predicted octanol–water partition coefficient (Wildman–Crippen LogP) is 3.91. The van der Waals surface area contributed by atoms with Crippen LogP contribution in [0.5, 0.6) is 0 Å². The first-order valence-corrected chi connectivity index (χ1v) is 7.42. The van der Waals surface area contributed by atoms with Gasteiger partial charge in [0, 0.05) is 12.1 Å². The zero-order valence-electron chi connectivity index (χ0n) is 11.8. The third kappa shape index (κ3) is 2.83. The molecule has 1 heterocycles. The molecular weight excluding hydrogens is 282 g/mol. The molecule has 3 aromatic rings. The fraction of sp³-hybridized carbons (Fsp3) is 0.176. The van der Waals surface area contributed by atoms with Gasteiger partial charge in [-0.05, 0) is 30.2 Å². The first-order valence-electron chi connectivity index (χ1n) is 6.88. The van der Waals surface area contributed by atoms with Crippen LogP contribution in [0.3, 0.4) is 0 Å². The van der Waals surface area contributed by atoms with Gasteiger partial charge < -0.3 is 0 Å². The topological polar surface area (TPSA) is 30.7 Å². The zero-order valence-corrected chi connectivity index (χ0v) is 12.6. The molecule has 3 rings (SSSR count). The van der Waals surface area contributed by atoms with Gasteiger partial charge in [-0.15, -0.1) is 21.8 Å². The number of hydrogen-bond acceptors (Lipinski definition) is 2. The molecular formula is C17H16ClN3. The average molecular weight is 298 g/mol. The second kappa shape index (κ2) is 6.10. The molecule has 3 nitrogen and oxygen atoms in total. The van der Waals surface area contributed by atoms with Crippen LogP contribution in [0, 0.1) is 6.92 Å². The second-order valence-corrected chi connectivity index (χ2v) is 5.21. The number of aryl methyl sites for hydroxylation is 1. The minimum atomic E-state index is 0.343. The van der Waals surface area contributed by atoms with Crippen molar-refractivity contribution in [1.29, 1.82) is 0 Å². The first-order chi connectivity index (χ1) is 10.3. The summed E-state index contributed by atoms with van der Waals surface area (Å²) in [6, 6.07) is 18.4. The maximum atomic E-state index is 6.01. The van der Waals surface area contributed by atoms with Crippen LogP contribution < -0.4 is 0 Å². The van der Waals surface area contributed by atoms with E-state index in [0.717, 1.165) is 23.8 Å². The van der Waals surface area contributed by atoms with Crippen LogP contribution in [0.15, 0.2) is 54.6 Å². The van der Waals surface area contributed by atoms with Gasteiger partial charge in [-0.1, -0.05) is 42.5 Å². The van der Waals surface area contributed by atoms with E-state index in [1.807, 2.05) is 47.0 Å². The Morgan fingerprint density at radius 2 is 1.57 bits per heavy atom. The molecule has 1 aromatic heterocycles. The maximum Gasteiger partial charge on any atom is 0.152 e. The van der Waals surface area contributed by atoms with Crippen molar-refractivity contribution < 1.29 is 0 Å². The summed E-state index contributed by atoms with van der Waals surface area (Å²) in [6.45, 7) is 2.11. The van der Waals surface area contributed by atoms with Crippen LogP contribution in [0.4, 0.5) is 0 Å². The summed E-state index contributed by atoms with van der Waals surface area (Å²) >= 11 is 6.01. The molecule has 0 aliphatic heterocycles. The Morgan fingerprint density at radius 1 is 0.905 bits per heavy atom. The van der Waals surface area contributed by atoms with E-state index in [0.29, 0.717) is 5.88 Å². The third-order valence-corrected chi connectivity index (χ3v) is 3.78. The van der Waals surface area contributed by atoms with Crippen LogP contribution in [-0.4, -0.2) is 14.8 Å². The van der Waals surface area contributed by atoms with Crippen molar-refractivity contribution in [3.63, 3.8) is 0 Å². The molecule has 0 aliphatic rings. The Bertz CT molecular complexity index is 735. The number of aromatic nitrogens is 3. The molecule has 0 fully saturated rings. The van der Waals surface area contributed by atoms with Crippen molar-refractivity contribution in [2.75, 3.05) is 0 Å². The number of alkyl halides is 1. The van der Waals surface area contributed by atoms with Gasteiger partial charge >= 0.3 is 0 Å². The van der Waals surface area contributed by atoms with Crippen molar-refractivity contribution in [3.8, 4) is 5.69 Å². The van der Waals surface area contributed by atoms with Crippen LogP contribution in [0.2, 0.25) is 0 Å². The lowest BCUT2D eigenvalue weighted by Crippen LogP contribution is -2.05. The highest BCUT2D eigenvalue weighted by Gasteiger charge is 2.14. The van der Waals surface area contributed by atoms with Crippen molar-refractivity contribution in [3.05, 3.63) is 77.4 Å². The fourth-order valence-electron chi connectivity index (χ4n) is 2.41. The van der Waals surface area contributed by atoms with Crippen LogP contribution in [-0.2, 0) is 12.3 Å². The largest absolute Gasteiger partial charge is 0.282 e. The van der Waals surface area contributed by atoms with Gasteiger partial charge in [-0.3, -0.25) is 4.57 Å². The molecule has 0 aliphatic carbocycles. The van der Waals surface area contributed by atoms with Crippen molar-refractivity contribution in [1.82, 2.24) is 14.8 Å². The van der Waals surface area contributed by atoms with E-state index in [2.05, 4.69) is 29.3 Å². The first kappa shape index (κ1) is 13.8. The molecule has 21 heavy (non-hydrogen) atoms. The maximum absolute atomic E-state index is 6.01. The van der Waals surface area contributed by atoms with Gasteiger partial charge in [-0.2, -0.15) is 0 Å². The number of para-hydroxylation sites is 1.